The van der Waals surface area contributed by atoms with Crippen LogP contribution in [0.4, 0.5) is 0 Å². The molecule has 0 aromatic rings. The molecule has 0 N–H and O–H groups in total. The van der Waals surface area contributed by atoms with Gasteiger partial charge in [-0.15, -0.1) is 0 Å². The second-order valence-electron chi connectivity index (χ2n) is 5.98. The van der Waals surface area contributed by atoms with Crippen molar-refractivity contribution in [3.63, 3.8) is 0 Å². The molecule has 0 aromatic heterocycles. The van der Waals surface area contributed by atoms with Crippen molar-refractivity contribution in [1.29, 1.82) is 0 Å². The lowest BCUT2D eigenvalue weighted by Crippen LogP contribution is -2.22. The first-order chi connectivity index (χ1) is 7.00. The molecule has 0 spiro atoms. The standard InChI is InChI=1S/C14H28S/c1-10(2)11(3)9-13-5-7-14(8-6-13)12(4)15/h10-15H,5-9H2,1-4H3. The maximum atomic E-state index is 4.57. The molecule has 0 saturated heterocycles. The molecule has 15 heavy (non-hydrogen) atoms. The van der Waals surface area contributed by atoms with Gasteiger partial charge in [0.15, 0.2) is 0 Å². The van der Waals surface area contributed by atoms with Crippen LogP contribution in [0.15, 0.2) is 0 Å². The highest BCUT2D eigenvalue weighted by Gasteiger charge is 2.25. The Morgan fingerprint density at radius 3 is 1.93 bits per heavy atom. The summed E-state index contributed by atoms with van der Waals surface area (Å²) in [4.78, 5) is 0. The number of hydrogen-bond acceptors (Lipinski definition) is 1. The molecule has 0 heterocycles. The Kier molecular flexibility index (Phi) is 5.52. The van der Waals surface area contributed by atoms with Crippen LogP contribution in [0.3, 0.4) is 0 Å². The maximum Gasteiger partial charge on any atom is 0.00167 e. The molecule has 0 aliphatic heterocycles. The lowest BCUT2D eigenvalue weighted by molar-refractivity contribution is 0.221. The minimum absolute atomic E-state index is 0.605. The summed E-state index contributed by atoms with van der Waals surface area (Å²) in [6.07, 6.45) is 7.19. The lowest BCUT2D eigenvalue weighted by Gasteiger charge is -2.32. The SMILES string of the molecule is CC(C)C(C)CC1CCC(C(C)S)CC1. The van der Waals surface area contributed by atoms with Crippen LogP contribution in [0.2, 0.25) is 0 Å². The topological polar surface area (TPSA) is 0 Å². The molecular formula is C14H28S. The molecule has 1 saturated carbocycles. The van der Waals surface area contributed by atoms with E-state index < -0.39 is 0 Å². The summed E-state index contributed by atoms with van der Waals surface area (Å²) < 4.78 is 0. The Morgan fingerprint density at radius 1 is 1.00 bits per heavy atom. The summed E-state index contributed by atoms with van der Waals surface area (Å²) >= 11 is 4.57. The molecule has 2 unspecified atom stereocenters. The smallest absolute Gasteiger partial charge is 0.00167 e. The van der Waals surface area contributed by atoms with E-state index in [1.54, 1.807) is 0 Å². The van der Waals surface area contributed by atoms with Crippen LogP contribution < -0.4 is 0 Å². The van der Waals surface area contributed by atoms with E-state index in [9.17, 15) is 0 Å². The highest BCUT2D eigenvalue weighted by Crippen LogP contribution is 2.36. The molecule has 0 amide bonds. The van der Waals surface area contributed by atoms with Gasteiger partial charge in [-0.05, 0) is 42.9 Å². The van der Waals surface area contributed by atoms with Gasteiger partial charge in [0.25, 0.3) is 0 Å². The highest BCUT2D eigenvalue weighted by molar-refractivity contribution is 7.80. The van der Waals surface area contributed by atoms with Gasteiger partial charge in [0.1, 0.15) is 0 Å². The molecule has 0 radical (unpaired) electrons. The van der Waals surface area contributed by atoms with Crippen LogP contribution in [-0.4, -0.2) is 5.25 Å². The number of hydrogen-bond donors (Lipinski definition) is 1. The fourth-order valence-corrected chi connectivity index (χ4v) is 3.00. The van der Waals surface area contributed by atoms with Gasteiger partial charge in [0.2, 0.25) is 0 Å². The van der Waals surface area contributed by atoms with Crippen LogP contribution in [0, 0.1) is 23.7 Å². The van der Waals surface area contributed by atoms with Gasteiger partial charge in [0.05, 0.1) is 0 Å². The molecule has 1 heteroatoms. The highest BCUT2D eigenvalue weighted by atomic mass is 32.1. The molecule has 0 aromatic carbocycles. The first kappa shape index (κ1) is 13.4. The summed E-state index contributed by atoms with van der Waals surface area (Å²) in [6, 6.07) is 0. The zero-order valence-electron chi connectivity index (χ0n) is 10.9. The van der Waals surface area contributed by atoms with Crippen molar-refractivity contribution in [2.75, 3.05) is 0 Å². The van der Waals surface area contributed by atoms with Gasteiger partial charge in [-0.1, -0.05) is 40.5 Å². The lowest BCUT2D eigenvalue weighted by atomic mass is 9.76. The van der Waals surface area contributed by atoms with Gasteiger partial charge >= 0.3 is 0 Å². The minimum Gasteiger partial charge on any atom is -0.176 e. The average Bonchev–Trinajstić information content (AvgIpc) is 2.18. The molecular weight excluding hydrogens is 200 g/mol. The predicted octanol–water partition coefficient (Wildman–Crippen LogP) is 4.79. The van der Waals surface area contributed by atoms with Gasteiger partial charge < -0.3 is 0 Å². The van der Waals surface area contributed by atoms with Crippen molar-refractivity contribution < 1.29 is 0 Å². The normalized spacial score (nSPS) is 31.6. The van der Waals surface area contributed by atoms with Crippen LogP contribution in [0.1, 0.15) is 59.8 Å². The van der Waals surface area contributed by atoms with Crippen LogP contribution in [0.25, 0.3) is 0 Å². The third-order valence-corrected chi connectivity index (χ3v) is 4.84. The Bertz CT molecular complexity index is 166. The van der Waals surface area contributed by atoms with Crippen LogP contribution >= 0.6 is 12.6 Å². The molecule has 1 fully saturated rings. The van der Waals surface area contributed by atoms with Gasteiger partial charge in [-0.2, -0.15) is 12.6 Å². The monoisotopic (exact) mass is 228 g/mol. The predicted molar refractivity (Wildman–Crippen MR) is 72.5 cm³/mol. The first-order valence-corrected chi connectivity index (χ1v) is 7.20. The molecule has 1 aliphatic rings. The summed E-state index contributed by atoms with van der Waals surface area (Å²) in [5, 5.41) is 0.605. The quantitative estimate of drug-likeness (QED) is 0.657. The van der Waals surface area contributed by atoms with E-state index in [-0.39, 0.29) is 0 Å². The van der Waals surface area contributed by atoms with Crippen LogP contribution in [-0.2, 0) is 0 Å². The van der Waals surface area contributed by atoms with Crippen molar-refractivity contribution in [3.8, 4) is 0 Å². The van der Waals surface area contributed by atoms with Gasteiger partial charge in [-0.3, -0.25) is 0 Å². The maximum absolute atomic E-state index is 4.57. The van der Waals surface area contributed by atoms with E-state index in [1.165, 1.54) is 32.1 Å². The van der Waals surface area contributed by atoms with Crippen molar-refractivity contribution in [3.05, 3.63) is 0 Å². The zero-order valence-corrected chi connectivity index (χ0v) is 11.8. The average molecular weight is 228 g/mol. The van der Waals surface area contributed by atoms with E-state index in [0.29, 0.717) is 5.25 Å². The molecule has 0 bridgehead atoms. The van der Waals surface area contributed by atoms with Crippen molar-refractivity contribution in [1.82, 2.24) is 0 Å². The van der Waals surface area contributed by atoms with Gasteiger partial charge in [-0.25, -0.2) is 0 Å². The second-order valence-corrected chi connectivity index (χ2v) is 6.79. The molecule has 2 atom stereocenters. The molecule has 1 aliphatic carbocycles. The van der Waals surface area contributed by atoms with E-state index in [2.05, 4.69) is 40.3 Å². The van der Waals surface area contributed by atoms with Gasteiger partial charge in [0, 0.05) is 5.25 Å². The molecule has 0 nitrogen and oxygen atoms in total. The largest absolute Gasteiger partial charge is 0.176 e. The Hall–Kier alpha value is 0.350. The first-order valence-electron chi connectivity index (χ1n) is 6.68. The number of rotatable bonds is 4. The van der Waals surface area contributed by atoms with Crippen molar-refractivity contribution in [2.45, 2.75) is 65.0 Å². The van der Waals surface area contributed by atoms with E-state index in [4.69, 9.17) is 0 Å². The van der Waals surface area contributed by atoms with E-state index in [1.807, 2.05) is 0 Å². The van der Waals surface area contributed by atoms with E-state index >= 15 is 0 Å². The van der Waals surface area contributed by atoms with Crippen molar-refractivity contribution >= 4 is 12.6 Å². The Balaban J connectivity index is 2.25. The summed E-state index contributed by atoms with van der Waals surface area (Å²) in [7, 11) is 0. The zero-order chi connectivity index (χ0) is 11.4. The van der Waals surface area contributed by atoms with E-state index in [0.717, 1.165) is 23.7 Å². The summed E-state index contributed by atoms with van der Waals surface area (Å²) in [6.45, 7) is 9.38. The summed E-state index contributed by atoms with van der Waals surface area (Å²) in [5.74, 6) is 3.65. The summed E-state index contributed by atoms with van der Waals surface area (Å²) in [5.41, 5.74) is 0. The third kappa shape index (κ3) is 4.38. The third-order valence-electron chi connectivity index (χ3n) is 4.42. The minimum atomic E-state index is 0.605. The fraction of sp³-hybridized carbons (Fsp3) is 1.00. The van der Waals surface area contributed by atoms with Crippen LogP contribution in [0.5, 0.6) is 0 Å². The fourth-order valence-electron chi connectivity index (χ4n) is 2.70. The van der Waals surface area contributed by atoms with Crippen molar-refractivity contribution in [2.24, 2.45) is 23.7 Å². The number of thiol groups is 1. The molecule has 1 rings (SSSR count). The Morgan fingerprint density at radius 2 is 1.53 bits per heavy atom. The Labute approximate surface area is 102 Å². The second kappa shape index (κ2) is 6.18. The molecule has 90 valence electrons.